The number of piperidine rings is 1. The summed E-state index contributed by atoms with van der Waals surface area (Å²) >= 11 is 0. The van der Waals surface area contributed by atoms with Gasteiger partial charge in [-0.2, -0.15) is 10.2 Å². The summed E-state index contributed by atoms with van der Waals surface area (Å²) in [5.41, 5.74) is 4.98. The molecule has 1 aliphatic heterocycles. The van der Waals surface area contributed by atoms with Crippen LogP contribution in [-0.2, 0) is 4.43 Å². The van der Waals surface area contributed by atoms with Crippen molar-refractivity contribution in [3.63, 3.8) is 0 Å². The van der Waals surface area contributed by atoms with E-state index in [-0.39, 0.29) is 22.2 Å². The van der Waals surface area contributed by atoms with Gasteiger partial charge in [-0.1, -0.05) is 20.8 Å². The fourth-order valence-electron chi connectivity index (χ4n) is 5.88. The summed E-state index contributed by atoms with van der Waals surface area (Å²) in [6.07, 6.45) is 7.90. The molecule has 0 aromatic carbocycles. The van der Waals surface area contributed by atoms with Gasteiger partial charge in [0.2, 0.25) is 0 Å². The molecule has 10 heteroatoms. The lowest BCUT2D eigenvalue weighted by atomic mass is 9.95. The van der Waals surface area contributed by atoms with Crippen LogP contribution in [0.4, 0.5) is 0 Å². The third-order valence-corrected chi connectivity index (χ3v) is 14.0. The van der Waals surface area contributed by atoms with E-state index in [2.05, 4.69) is 48.8 Å². The third kappa shape index (κ3) is 4.79. The Bertz CT molecular complexity index is 1650. The smallest absolute Gasteiger partial charge is 0.276 e. The molecule has 1 saturated heterocycles. The second kappa shape index (κ2) is 9.56. The monoisotopic (exact) mass is 559 g/mol. The number of nitrogens with zero attached hydrogens (tertiary/aromatic N) is 7. The van der Waals surface area contributed by atoms with Gasteiger partial charge in [0, 0.05) is 25.2 Å². The number of likely N-dealkylation sites (tertiary alicyclic amines) is 1. The maximum atomic E-state index is 13.6. The largest absolute Gasteiger partial charge is 0.416 e. The predicted octanol–water partition coefficient (Wildman–Crippen LogP) is 5.31. The van der Waals surface area contributed by atoms with E-state index in [9.17, 15) is 4.79 Å². The highest BCUT2D eigenvalue weighted by atomic mass is 28.4. The molecular formula is C30H41N7O2Si. The molecule has 0 N–H and O–H groups in total. The summed E-state index contributed by atoms with van der Waals surface area (Å²) in [6.45, 7) is 18.2. The topological polar surface area (TPSA) is 90.4 Å². The zero-order valence-corrected chi connectivity index (χ0v) is 25.9. The van der Waals surface area contributed by atoms with Crippen molar-refractivity contribution in [2.24, 2.45) is 0 Å². The molecule has 4 aromatic rings. The van der Waals surface area contributed by atoms with Gasteiger partial charge >= 0.3 is 0 Å². The Kier molecular flexibility index (Phi) is 6.51. The minimum absolute atomic E-state index is 0.0584. The van der Waals surface area contributed by atoms with Gasteiger partial charge in [0.15, 0.2) is 14.0 Å². The first-order valence-corrected chi connectivity index (χ1v) is 17.4. The highest BCUT2D eigenvalue weighted by Gasteiger charge is 2.52. The minimum Gasteiger partial charge on any atom is -0.416 e. The van der Waals surface area contributed by atoms with Crippen molar-refractivity contribution in [1.82, 2.24) is 34.3 Å². The molecule has 2 aliphatic rings. The first-order valence-electron chi connectivity index (χ1n) is 14.5. The lowest BCUT2D eigenvalue weighted by Gasteiger charge is -2.41. The molecule has 1 unspecified atom stereocenters. The Morgan fingerprint density at radius 1 is 1.12 bits per heavy atom. The second-order valence-electron chi connectivity index (χ2n) is 13.4. The molecule has 9 nitrogen and oxygen atoms in total. The SMILES string of the molecule is Cc1cn2nc(-c3ccc4c(=O)n(C5CCN(CCO[Si](C)(C)C(C)(C)C)C6(CC6)C5)ncc4n3)cc(C)c2n1. The highest BCUT2D eigenvalue weighted by Crippen LogP contribution is 2.50. The predicted molar refractivity (Wildman–Crippen MR) is 160 cm³/mol. The van der Waals surface area contributed by atoms with Crippen molar-refractivity contribution in [2.75, 3.05) is 19.7 Å². The number of aromatic nitrogens is 6. The summed E-state index contributed by atoms with van der Waals surface area (Å²) in [5, 5.41) is 10.2. The molecule has 1 aliphatic carbocycles. The molecule has 2 fully saturated rings. The number of hydrogen-bond donors (Lipinski definition) is 0. The molecule has 0 bridgehead atoms. The summed E-state index contributed by atoms with van der Waals surface area (Å²) < 4.78 is 9.99. The molecule has 0 amide bonds. The Morgan fingerprint density at radius 2 is 1.90 bits per heavy atom. The molecule has 212 valence electrons. The van der Waals surface area contributed by atoms with E-state index in [1.54, 1.807) is 15.4 Å². The van der Waals surface area contributed by atoms with Crippen molar-refractivity contribution < 1.29 is 4.43 Å². The number of aryl methyl sites for hydroxylation is 2. The molecule has 40 heavy (non-hydrogen) atoms. The van der Waals surface area contributed by atoms with E-state index < -0.39 is 8.32 Å². The van der Waals surface area contributed by atoms with Crippen LogP contribution in [0.25, 0.3) is 27.9 Å². The van der Waals surface area contributed by atoms with E-state index in [0.29, 0.717) is 16.6 Å². The summed E-state index contributed by atoms with van der Waals surface area (Å²) in [7, 11) is -1.75. The zero-order valence-electron chi connectivity index (χ0n) is 24.9. The van der Waals surface area contributed by atoms with Crippen LogP contribution in [0.5, 0.6) is 0 Å². The first kappa shape index (κ1) is 27.2. The number of hydrogen-bond acceptors (Lipinski definition) is 7. The Hall–Kier alpha value is -2.95. The highest BCUT2D eigenvalue weighted by molar-refractivity contribution is 6.74. The zero-order chi connectivity index (χ0) is 28.4. The van der Waals surface area contributed by atoms with Crippen LogP contribution in [0.15, 0.2) is 35.4 Å². The molecule has 1 saturated carbocycles. The van der Waals surface area contributed by atoms with Gasteiger partial charge < -0.3 is 4.43 Å². The van der Waals surface area contributed by atoms with Crippen LogP contribution in [0.1, 0.15) is 63.8 Å². The number of fused-ring (bicyclic) bond motifs is 2. The van der Waals surface area contributed by atoms with E-state index in [4.69, 9.17) is 14.5 Å². The van der Waals surface area contributed by atoms with Crippen molar-refractivity contribution in [1.29, 1.82) is 0 Å². The quantitative estimate of drug-likeness (QED) is 0.296. The summed E-state index contributed by atoms with van der Waals surface area (Å²) in [5.74, 6) is 0. The van der Waals surface area contributed by atoms with Gasteiger partial charge in [0.25, 0.3) is 5.56 Å². The fraction of sp³-hybridized carbons (Fsp3) is 0.567. The fourth-order valence-corrected chi connectivity index (χ4v) is 6.92. The molecule has 6 rings (SSSR count). The van der Waals surface area contributed by atoms with E-state index in [1.165, 1.54) is 12.8 Å². The molecule has 5 heterocycles. The van der Waals surface area contributed by atoms with Gasteiger partial charge in [-0.15, -0.1) is 0 Å². The number of imidazole rings is 1. The lowest BCUT2D eigenvalue weighted by molar-refractivity contribution is 0.0740. The standard InChI is InChI=1S/C30H41N7O2Si/c1-20-16-25(34-36-19-21(2)32-27(20)36)24-9-8-23-26(33-24)18-31-37(28(23)38)22-10-13-35(30(17-22)11-12-30)14-15-39-40(6,7)29(3,4)5/h8-9,16,18-19,22H,10-15,17H2,1-7H3. The van der Waals surface area contributed by atoms with Gasteiger partial charge in [-0.25, -0.2) is 19.2 Å². The second-order valence-corrected chi connectivity index (χ2v) is 18.2. The van der Waals surface area contributed by atoms with Crippen molar-refractivity contribution >= 4 is 24.9 Å². The van der Waals surface area contributed by atoms with Crippen LogP contribution in [0.2, 0.25) is 18.1 Å². The minimum atomic E-state index is -1.75. The van der Waals surface area contributed by atoms with E-state index in [1.807, 2.05) is 38.2 Å². The third-order valence-electron chi connectivity index (χ3n) is 9.48. The van der Waals surface area contributed by atoms with Crippen molar-refractivity contribution in [2.45, 2.75) is 90.0 Å². The first-order chi connectivity index (χ1) is 18.9. The van der Waals surface area contributed by atoms with Crippen LogP contribution in [0, 0.1) is 13.8 Å². The Balaban J connectivity index is 1.19. The van der Waals surface area contributed by atoms with Crippen molar-refractivity contribution in [3.05, 3.63) is 52.2 Å². The maximum Gasteiger partial charge on any atom is 0.276 e. The van der Waals surface area contributed by atoms with Gasteiger partial charge in [-0.05, 0) is 81.4 Å². The van der Waals surface area contributed by atoms with Crippen LogP contribution in [-0.4, -0.2) is 67.8 Å². The summed E-state index contributed by atoms with van der Waals surface area (Å²) in [6, 6.07) is 5.86. The van der Waals surface area contributed by atoms with Gasteiger partial charge in [-0.3, -0.25) is 9.69 Å². The molecule has 1 spiro atoms. The molecule has 0 radical (unpaired) electrons. The van der Waals surface area contributed by atoms with E-state index in [0.717, 1.165) is 55.1 Å². The van der Waals surface area contributed by atoms with Crippen LogP contribution >= 0.6 is 0 Å². The van der Waals surface area contributed by atoms with Gasteiger partial charge in [0.05, 0.1) is 40.7 Å². The van der Waals surface area contributed by atoms with Gasteiger partial charge in [0.1, 0.15) is 5.69 Å². The van der Waals surface area contributed by atoms with E-state index >= 15 is 0 Å². The van der Waals surface area contributed by atoms with Crippen molar-refractivity contribution in [3.8, 4) is 11.4 Å². The number of rotatable bonds is 6. The molecule has 1 atom stereocenters. The normalized spacial score (nSPS) is 19.6. The average Bonchev–Trinajstić information content (AvgIpc) is 3.54. The number of pyridine rings is 1. The Morgan fingerprint density at radius 3 is 2.62 bits per heavy atom. The average molecular weight is 560 g/mol. The van der Waals surface area contributed by atoms with Crippen LogP contribution in [0.3, 0.4) is 0 Å². The lowest BCUT2D eigenvalue weighted by Crippen LogP contribution is -2.49. The maximum absolute atomic E-state index is 13.6. The Labute approximate surface area is 236 Å². The summed E-state index contributed by atoms with van der Waals surface area (Å²) in [4.78, 5) is 25.5. The molecular weight excluding hydrogens is 518 g/mol. The van der Waals surface area contributed by atoms with Crippen LogP contribution < -0.4 is 5.56 Å². The molecule has 4 aromatic heterocycles.